The van der Waals surface area contributed by atoms with Gasteiger partial charge in [-0.2, -0.15) is 0 Å². The van der Waals surface area contributed by atoms with Gasteiger partial charge in [0.05, 0.1) is 10.3 Å². The monoisotopic (exact) mass is 432 g/mol. The Kier molecular flexibility index (Phi) is 6.55. The van der Waals surface area contributed by atoms with E-state index in [0.29, 0.717) is 21.7 Å². The van der Waals surface area contributed by atoms with Crippen molar-refractivity contribution in [3.05, 3.63) is 67.2 Å². The summed E-state index contributed by atoms with van der Waals surface area (Å²) in [5, 5.41) is 20.0. The minimum atomic E-state index is -1.32. The summed E-state index contributed by atoms with van der Waals surface area (Å²) in [5.41, 5.74) is 0.131. The number of fused-ring (bicyclic) bond motifs is 1. The molecule has 2 unspecified atom stereocenters. The van der Waals surface area contributed by atoms with Gasteiger partial charge in [-0.15, -0.1) is 11.3 Å². The maximum Gasteiger partial charge on any atom is 0.332 e. The average molecular weight is 432 g/mol. The molecule has 0 amide bonds. The van der Waals surface area contributed by atoms with Crippen LogP contribution in [0, 0.1) is 6.92 Å². The molecule has 3 aromatic rings. The van der Waals surface area contributed by atoms with Crippen molar-refractivity contribution in [3.8, 4) is 0 Å². The van der Waals surface area contributed by atoms with Gasteiger partial charge < -0.3 is 14.9 Å². The zero-order valence-corrected chi connectivity index (χ0v) is 17.8. The van der Waals surface area contributed by atoms with Crippen LogP contribution in [0.25, 0.3) is 10.2 Å². The molecule has 0 saturated heterocycles. The summed E-state index contributed by atoms with van der Waals surface area (Å²) in [5.74, 6) is -1.27. The summed E-state index contributed by atoms with van der Waals surface area (Å²) >= 11 is 1.12. The van der Waals surface area contributed by atoms with Gasteiger partial charge >= 0.3 is 11.7 Å². The van der Waals surface area contributed by atoms with Crippen LogP contribution in [0.5, 0.6) is 0 Å². The molecule has 2 aromatic heterocycles. The van der Waals surface area contributed by atoms with Gasteiger partial charge in [0, 0.05) is 13.2 Å². The number of hydrogen-bond donors (Lipinski definition) is 2. The van der Waals surface area contributed by atoms with Crippen molar-refractivity contribution < 1.29 is 19.7 Å². The van der Waals surface area contributed by atoms with Crippen molar-refractivity contribution in [3.63, 3.8) is 0 Å². The van der Waals surface area contributed by atoms with Crippen LogP contribution in [0.2, 0.25) is 0 Å². The highest BCUT2D eigenvalue weighted by atomic mass is 32.1. The van der Waals surface area contributed by atoms with Crippen molar-refractivity contribution >= 4 is 27.5 Å². The average Bonchev–Trinajstić information content (AvgIpc) is 3.06. The zero-order valence-electron chi connectivity index (χ0n) is 17.0. The lowest BCUT2D eigenvalue weighted by atomic mass is 10.1. The predicted molar refractivity (Wildman–Crippen MR) is 114 cm³/mol. The van der Waals surface area contributed by atoms with Gasteiger partial charge in [-0.1, -0.05) is 30.3 Å². The molecular weight excluding hydrogens is 408 g/mol. The first-order valence-corrected chi connectivity index (χ1v) is 10.4. The fourth-order valence-corrected chi connectivity index (χ4v) is 4.64. The van der Waals surface area contributed by atoms with E-state index in [1.165, 1.54) is 11.5 Å². The molecule has 0 aliphatic heterocycles. The highest BCUT2D eigenvalue weighted by Gasteiger charge is 2.27. The molecular formula is C21H24N2O6S. The summed E-state index contributed by atoms with van der Waals surface area (Å²) < 4.78 is 7.46. The van der Waals surface area contributed by atoms with E-state index in [4.69, 9.17) is 4.74 Å². The summed E-state index contributed by atoms with van der Waals surface area (Å²) in [7, 11) is 0. The topological polar surface area (TPSA) is 111 Å². The first kappa shape index (κ1) is 21.9. The standard InChI is InChI=1S/C21H24N2O6S/c1-4-29-20(27)16-12(2)15-17(24)23(13(3)19(25)26)21(28)22(18(15)30-16)11-10-14-8-6-5-7-9-14/h5-9,13,20,27H,4,10-11H2,1-3H3,(H,25,26). The lowest BCUT2D eigenvalue weighted by Crippen LogP contribution is -2.43. The first-order chi connectivity index (χ1) is 14.3. The SMILES string of the molecule is CCOC(O)c1sc2c(c1C)c(=O)n(C(C)C(=O)O)c(=O)n2CCc1ccccc1. The van der Waals surface area contributed by atoms with Crippen molar-refractivity contribution in [1.82, 2.24) is 9.13 Å². The minimum absolute atomic E-state index is 0.231. The molecule has 2 atom stereocenters. The maximum atomic E-state index is 13.2. The van der Waals surface area contributed by atoms with Gasteiger partial charge in [-0.3, -0.25) is 9.36 Å². The van der Waals surface area contributed by atoms with Crippen LogP contribution < -0.4 is 11.2 Å². The van der Waals surface area contributed by atoms with E-state index in [1.54, 1.807) is 13.8 Å². The van der Waals surface area contributed by atoms with Crippen LogP contribution in [-0.4, -0.2) is 31.9 Å². The minimum Gasteiger partial charge on any atom is -0.480 e. The van der Waals surface area contributed by atoms with Crippen molar-refractivity contribution in [1.29, 1.82) is 0 Å². The molecule has 3 rings (SSSR count). The second-order valence-electron chi connectivity index (χ2n) is 6.94. The van der Waals surface area contributed by atoms with Crippen molar-refractivity contribution in [2.75, 3.05) is 6.61 Å². The molecule has 0 bridgehead atoms. The lowest BCUT2D eigenvalue weighted by Gasteiger charge is -2.15. The Labute approximate surface area is 176 Å². The fourth-order valence-electron chi connectivity index (χ4n) is 3.39. The number of carboxylic acid groups (broad SMARTS) is 1. The molecule has 0 spiro atoms. The number of thiophene rings is 1. The second kappa shape index (κ2) is 8.95. The van der Waals surface area contributed by atoms with E-state index in [-0.39, 0.29) is 18.5 Å². The third-order valence-corrected chi connectivity index (χ3v) is 6.39. The predicted octanol–water partition coefficient (Wildman–Crippen LogP) is 2.45. The summed E-state index contributed by atoms with van der Waals surface area (Å²) in [6.45, 7) is 5.24. The normalized spacial score (nSPS) is 13.5. The summed E-state index contributed by atoms with van der Waals surface area (Å²) in [6.07, 6.45) is -0.703. The third-order valence-electron chi connectivity index (χ3n) is 5.04. The Balaban J connectivity index is 2.25. The quantitative estimate of drug-likeness (QED) is 0.529. The first-order valence-electron chi connectivity index (χ1n) is 9.62. The molecule has 1 aromatic carbocycles. The van der Waals surface area contributed by atoms with Crippen LogP contribution in [-0.2, 0) is 22.5 Å². The highest BCUT2D eigenvalue weighted by Crippen LogP contribution is 2.33. The lowest BCUT2D eigenvalue weighted by molar-refractivity contribution is -0.140. The molecule has 0 aliphatic carbocycles. The highest BCUT2D eigenvalue weighted by molar-refractivity contribution is 7.19. The van der Waals surface area contributed by atoms with Gasteiger partial charge in [0.1, 0.15) is 10.9 Å². The number of aliphatic carboxylic acids is 1. The number of hydrogen-bond acceptors (Lipinski definition) is 6. The molecule has 9 heteroatoms. The second-order valence-corrected chi connectivity index (χ2v) is 7.97. The Hall–Kier alpha value is -2.75. The molecule has 2 N–H and O–H groups in total. The Bertz CT molecular complexity index is 1180. The van der Waals surface area contributed by atoms with E-state index >= 15 is 0 Å². The van der Waals surface area contributed by atoms with Gasteiger partial charge in [0.15, 0.2) is 6.29 Å². The smallest absolute Gasteiger partial charge is 0.332 e. The summed E-state index contributed by atoms with van der Waals surface area (Å²) in [6, 6.07) is 8.23. The number of aliphatic hydroxyl groups is 1. The molecule has 0 radical (unpaired) electrons. The molecule has 0 fully saturated rings. The van der Waals surface area contributed by atoms with E-state index in [2.05, 4.69) is 0 Å². The van der Waals surface area contributed by atoms with Crippen molar-refractivity contribution in [2.45, 2.75) is 46.1 Å². The Morgan fingerprint density at radius 1 is 1.23 bits per heavy atom. The molecule has 160 valence electrons. The number of ether oxygens (including phenoxy) is 1. The third kappa shape index (κ3) is 3.96. The Morgan fingerprint density at radius 3 is 2.50 bits per heavy atom. The maximum absolute atomic E-state index is 13.2. The molecule has 0 saturated carbocycles. The number of aryl methyl sites for hydroxylation is 3. The number of rotatable bonds is 8. The number of benzene rings is 1. The zero-order chi connectivity index (χ0) is 22.0. The van der Waals surface area contributed by atoms with Crippen LogP contribution in [0.4, 0.5) is 0 Å². The number of aliphatic hydroxyl groups excluding tert-OH is 1. The van der Waals surface area contributed by atoms with Crippen LogP contribution in [0.3, 0.4) is 0 Å². The van der Waals surface area contributed by atoms with E-state index in [1.807, 2.05) is 30.3 Å². The van der Waals surface area contributed by atoms with Gasteiger partial charge in [0.25, 0.3) is 5.56 Å². The summed E-state index contributed by atoms with van der Waals surface area (Å²) in [4.78, 5) is 38.7. The molecule has 30 heavy (non-hydrogen) atoms. The van der Waals surface area contributed by atoms with Gasteiger partial charge in [-0.25, -0.2) is 14.2 Å². The molecule has 8 nitrogen and oxygen atoms in total. The largest absolute Gasteiger partial charge is 0.480 e. The number of nitrogens with zero attached hydrogens (tertiary/aromatic N) is 2. The molecule has 2 heterocycles. The van der Waals surface area contributed by atoms with Crippen molar-refractivity contribution in [2.24, 2.45) is 0 Å². The van der Waals surface area contributed by atoms with E-state index in [0.717, 1.165) is 21.5 Å². The van der Waals surface area contributed by atoms with E-state index < -0.39 is 29.6 Å². The fraction of sp³-hybridized carbons (Fsp3) is 0.381. The van der Waals surface area contributed by atoms with Crippen LogP contribution in [0.1, 0.15) is 42.2 Å². The number of aromatic nitrogens is 2. The molecule has 0 aliphatic rings. The Morgan fingerprint density at radius 2 is 1.90 bits per heavy atom. The van der Waals surface area contributed by atoms with Crippen LogP contribution in [0.15, 0.2) is 39.9 Å². The number of carbonyl (C=O) groups is 1. The van der Waals surface area contributed by atoms with Gasteiger partial charge in [0.2, 0.25) is 0 Å². The van der Waals surface area contributed by atoms with Gasteiger partial charge in [-0.05, 0) is 38.3 Å². The van der Waals surface area contributed by atoms with E-state index in [9.17, 15) is 24.6 Å². The van der Waals surface area contributed by atoms with Crippen LogP contribution >= 0.6 is 11.3 Å². The number of carboxylic acids is 1.